The molecule has 0 spiro atoms. The highest BCUT2D eigenvalue weighted by Gasteiger charge is 2.46. The van der Waals surface area contributed by atoms with Gasteiger partial charge in [0.25, 0.3) is 0 Å². The summed E-state index contributed by atoms with van der Waals surface area (Å²) < 4.78 is 10.4. The van der Waals surface area contributed by atoms with Crippen LogP contribution in [0.1, 0.15) is 24.8 Å². The number of imide groups is 1. The second kappa shape index (κ2) is 10.7. The van der Waals surface area contributed by atoms with E-state index in [4.69, 9.17) is 9.47 Å². The molecular weight excluding hydrogens is 472 g/mol. The van der Waals surface area contributed by atoms with Gasteiger partial charge in [-0.1, -0.05) is 12.1 Å². The van der Waals surface area contributed by atoms with Gasteiger partial charge in [-0.25, -0.2) is 4.79 Å². The number of carbonyl (C=O) groups excluding carboxylic acids is 3. The SMILES string of the molecule is COc1ccc(CN2C(=O)NC3CC(C(=O)N4CCN(c5ccc(OC)cc5)CC4)CCC3C2=O)cc1. The van der Waals surface area contributed by atoms with Gasteiger partial charge in [-0.3, -0.25) is 14.5 Å². The van der Waals surface area contributed by atoms with E-state index in [0.717, 1.165) is 35.8 Å². The van der Waals surface area contributed by atoms with Gasteiger partial charge in [0.1, 0.15) is 11.5 Å². The Morgan fingerprint density at radius 2 is 1.51 bits per heavy atom. The lowest BCUT2D eigenvalue weighted by Crippen LogP contribution is -2.62. The monoisotopic (exact) mass is 506 g/mol. The molecule has 0 radical (unpaired) electrons. The van der Waals surface area contributed by atoms with E-state index < -0.39 is 0 Å². The van der Waals surface area contributed by atoms with Crippen molar-refractivity contribution < 1.29 is 23.9 Å². The van der Waals surface area contributed by atoms with Crippen molar-refractivity contribution in [1.29, 1.82) is 0 Å². The molecule has 3 unspecified atom stereocenters. The molecule has 1 N–H and O–H groups in total. The molecule has 2 aliphatic heterocycles. The number of urea groups is 1. The molecule has 4 amide bonds. The Labute approximate surface area is 217 Å². The minimum Gasteiger partial charge on any atom is -0.497 e. The Balaban J connectivity index is 1.15. The number of benzene rings is 2. The number of amides is 4. The van der Waals surface area contributed by atoms with Crippen LogP contribution in [-0.2, 0) is 16.1 Å². The fourth-order valence-electron chi connectivity index (χ4n) is 5.69. The number of nitrogens with zero attached hydrogens (tertiary/aromatic N) is 3. The minimum absolute atomic E-state index is 0.134. The Hall–Kier alpha value is -3.75. The van der Waals surface area contributed by atoms with Gasteiger partial charge in [0, 0.05) is 43.8 Å². The number of rotatable bonds is 6. The first-order valence-corrected chi connectivity index (χ1v) is 12.9. The molecule has 2 aromatic rings. The molecule has 9 nitrogen and oxygen atoms in total. The Kier molecular flexibility index (Phi) is 7.21. The number of nitrogens with one attached hydrogen (secondary N) is 1. The van der Waals surface area contributed by atoms with Crippen molar-refractivity contribution in [3.05, 3.63) is 54.1 Å². The summed E-state index contributed by atoms with van der Waals surface area (Å²) in [5.41, 5.74) is 1.98. The van der Waals surface area contributed by atoms with Crippen molar-refractivity contribution in [2.45, 2.75) is 31.8 Å². The molecule has 2 aromatic carbocycles. The molecule has 3 aliphatic rings. The van der Waals surface area contributed by atoms with Crippen LogP contribution in [0.25, 0.3) is 0 Å². The summed E-state index contributed by atoms with van der Waals surface area (Å²) in [4.78, 5) is 44.9. The van der Waals surface area contributed by atoms with Gasteiger partial charge in [0.15, 0.2) is 0 Å². The summed E-state index contributed by atoms with van der Waals surface area (Å²) >= 11 is 0. The zero-order valence-electron chi connectivity index (χ0n) is 21.4. The molecule has 2 heterocycles. The van der Waals surface area contributed by atoms with Gasteiger partial charge in [-0.05, 0) is 61.2 Å². The van der Waals surface area contributed by atoms with Crippen molar-refractivity contribution in [2.24, 2.45) is 11.8 Å². The standard InChI is InChI=1S/C28H34N4O5/c1-36-22-8-3-19(4-9-22)18-32-27(34)24-12-5-20(17-25(24)29-28(32)35)26(33)31-15-13-30(14-16-31)21-6-10-23(37-2)11-7-21/h3-4,6-11,20,24-25H,5,12-18H2,1-2H3,(H,29,35). The molecule has 1 aliphatic carbocycles. The largest absolute Gasteiger partial charge is 0.497 e. The first-order chi connectivity index (χ1) is 18.0. The van der Waals surface area contributed by atoms with E-state index in [1.807, 2.05) is 53.4 Å². The van der Waals surface area contributed by atoms with E-state index in [-0.39, 0.29) is 42.3 Å². The summed E-state index contributed by atoms with van der Waals surface area (Å²) in [6.45, 7) is 3.09. The van der Waals surface area contributed by atoms with Crippen molar-refractivity contribution in [1.82, 2.24) is 15.1 Å². The third-order valence-electron chi connectivity index (χ3n) is 7.87. The van der Waals surface area contributed by atoms with Crippen LogP contribution in [-0.4, -0.2) is 74.1 Å². The second-order valence-electron chi connectivity index (χ2n) is 9.96. The van der Waals surface area contributed by atoms with Gasteiger partial charge in [0.2, 0.25) is 11.8 Å². The van der Waals surface area contributed by atoms with Crippen LogP contribution in [0, 0.1) is 11.8 Å². The highest BCUT2D eigenvalue weighted by atomic mass is 16.5. The Morgan fingerprint density at radius 3 is 2.14 bits per heavy atom. The zero-order valence-corrected chi connectivity index (χ0v) is 21.4. The fourth-order valence-corrected chi connectivity index (χ4v) is 5.69. The second-order valence-corrected chi connectivity index (χ2v) is 9.96. The van der Waals surface area contributed by atoms with E-state index in [1.165, 1.54) is 4.90 Å². The number of hydrogen-bond donors (Lipinski definition) is 1. The quantitative estimate of drug-likeness (QED) is 0.648. The molecule has 2 saturated heterocycles. The number of piperazine rings is 1. The number of ether oxygens (including phenoxy) is 2. The van der Waals surface area contributed by atoms with E-state index in [0.29, 0.717) is 32.4 Å². The summed E-state index contributed by atoms with van der Waals surface area (Å²) in [5.74, 6) is 1.08. The van der Waals surface area contributed by atoms with Crippen LogP contribution in [0.5, 0.6) is 11.5 Å². The summed E-state index contributed by atoms with van der Waals surface area (Å²) in [6.07, 6.45) is 1.78. The zero-order chi connectivity index (χ0) is 25.9. The smallest absolute Gasteiger partial charge is 0.324 e. The fraction of sp³-hybridized carbons (Fsp3) is 0.464. The number of methoxy groups -OCH3 is 2. The summed E-state index contributed by atoms with van der Waals surface area (Å²) in [7, 11) is 3.25. The van der Waals surface area contributed by atoms with Gasteiger partial charge in [-0.15, -0.1) is 0 Å². The maximum Gasteiger partial charge on any atom is 0.324 e. The van der Waals surface area contributed by atoms with Crippen molar-refractivity contribution in [3.8, 4) is 11.5 Å². The van der Waals surface area contributed by atoms with E-state index >= 15 is 0 Å². The molecule has 0 aromatic heterocycles. The highest BCUT2D eigenvalue weighted by molar-refractivity contribution is 5.99. The minimum atomic E-state index is -0.386. The third kappa shape index (κ3) is 5.21. The highest BCUT2D eigenvalue weighted by Crippen LogP contribution is 2.35. The van der Waals surface area contributed by atoms with Crippen molar-refractivity contribution in [3.63, 3.8) is 0 Å². The predicted molar refractivity (Wildman–Crippen MR) is 138 cm³/mol. The third-order valence-corrected chi connectivity index (χ3v) is 7.87. The number of anilines is 1. The van der Waals surface area contributed by atoms with Crippen LogP contribution in [0.4, 0.5) is 10.5 Å². The molecule has 3 fully saturated rings. The van der Waals surface area contributed by atoms with Crippen LogP contribution >= 0.6 is 0 Å². The van der Waals surface area contributed by atoms with Gasteiger partial charge in [-0.2, -0.15) is 0 Å². The molecule has 37 heavy (non-hydrogen) atoms. The Morgan fingerprint density at radius 1 is 0.892 bits per heavy atom. The molecular formula is C28H34N4O5. The normalized spacial score (nSPS) is 23.8. The maximum absolute atomic E-state index is 13.3. The van der Waals surface area contributed by atoms with Crippen LogP contribution < -0.4 is 19.7 Å². The lowest BCUT2D eigenvalue weighted by atomic mass is 9.76. The van der Waals surface area contributed by atoms with Crippen molar-refractivity contribution in [2.75, 3.05) is 45.3 Å². The van der Waals surface area contributed by atoms with Gasteiger partial charge in [0.05, 0.1) is 26.7 Å². The van der Waals surface area contributed by atoms with Crippen LogP contribution in [0.2, 0.25) is 0 Å². The molecule has 196 valence electrons. The van der Waals surface area contributed by atoms with E-state index in [2.05, 4.69) is 10.2 Å². The number of hydrogen-bond acceptors (Lipinski definition) is 6. The maximum atomic E-state index is 13.3. The molecule has 3 atom stereocenters. The van der Waals surface area contributed by atoms with E-state index in [1.54, 1.807) is 14.2 Å². The lowest BCUT2D eigenvalue weighted by Gasteiger charge is -2.43. The molecule has 0 bridgehead atoms. The average Bonchev–Trinajstić information content (AvgIpc) is 2.95. The molecule has 5 rings (SSSR count). The number of fused-ring (bicyclic) bond motifs is 1. The molecule has 1 saturated carbocycles. The predicted octanol–water partition coefficient (Wildman–Crippen LogP) is 2.89. The topological polar surface area (TPSA) is 91.4 Å². The lowest BCUT2D eigenvalue weighted by molar-refractivity contribution is -0.143. The summed E-state index contributed by atoms with van der Waals surface area (Å²) in [5, 5.41) is 3.02. The van der Waals surface area contributed by atoms with Crippen LogP contribution in [0.3, 0.4) is 0 Å². The van der Waals surface area contributed by atoms with Crippen LogP contribution in [0.15, 0.2) is 48.5 Å². The first kappa shape index (κ1) is 24.9. The van der Waals surface area contributed by atoms with E-state index in [9.17, 15) is 14.4 Å². The van der Waals surface area contributed by atoms with Gasteiger partial charge < -0.3 is 24.6 Å². The average molecular weight is 507 g/mol. The number of carbonyl (C=O) groups is 3. The first-order valence-electron chi connectivity index (χ1n) is 12.9. The molecule has 9 heteroatoms. The summed E-state index contributed by atoms with van der Waals surface area (Å²) in [6, 6.07) is 14.6. The van der Waals surface area contributed by atoms with Crippen molar-refractivity contribution >= 4 is 23.5 Å². The van der Waals surface area contributed by atoms with Gasteiger partial charge >= 0.3 is 6.03 Å². The Bertz CT molecular complexity index is 1130.